The number of benzene rings is 1. The highest BCUT2D eigenvalue weighted by molar-refractivity contribution is 9.10. The molecular weight excluding hydrogens is 375 g/mol. The van der Waals surface area contributed by atoms with E-state index in [0.29, 0.717) is 21.7 Å². The van der Waals surface area contributed by atoms with Crippen LogP contribution in [0, 0.1) is 6.92 Å². The van der Waals surface area contributed by atoms with E-state index in [2.05, 4.69) is 33.2 Å². The Kier molecular flexibility index (Phi) is 5.88. The minimum atomic E-state index is 0.476. The Balaban J connectivity index is 2.22. The van der Waals surface area contributed by atoms with Crippen LogP contribution in [0.4, 0.5) is 0 Å². The van der Waals surface area contributed by atoms with Crippen LogP contribution in [0.25, 0.3) is 0 Å². The molecule has 0 unspecified atom stereocenters. The monoisotopic (exact) mass is 388 g/mol. The Morgan fingerprint density at radius 3 is 2.67 bits per heavy atom. The molecule has 0 aliphatic carbocycles. The fraction of sp³-hybridized carbons (Fsp3) is 0.267. The summed E-state index contributed by atoms with van der Waals surface area (Å²) in [5.74, 6) is 1.01. The summed E-state index contributed by atoms with van der Waals surface area (Å²) in [6, 6.07) is 5.41. The van der Waals surface area contributed by atoms with E-state index in [1.165, 1.54) is 0 Å². The SMILES string of the molecule is CCNCc1cnc(Oc2cc(Cl)c(Br)cc2Cl)c(C)c1. The normalized spacial score (nSPS) is 10.7. The number of aryl methyl sites for hydroxylation is 1. The van der Waals surface area contributed by atoms with E-state index in [9.17, 15) is 0 Å². The van der Waals surface area contributed by atoms with E-state index in [4.69, 9.17) is 27.9 Å². The van der Waals surface area contributed by atoms with Crippen molar-refractivity contribution >= 4 is 39.1 Å². The first-order valence-corrected chi connectivity index (χ1v) is 8.04. The van der Waals surface area contributed by atoms with E-state index in [-0.39, 0.29) is 0 Å². The first-order chi connectivity index (χ1) is 10.0. The Bertz CT molecular complexity index is 650. The molecule has 1 aromatic heterocycles. The van der Waals surface area contributed by atoms with Crippen molar-refractivity contribution in [3.63, 3.8) is 0 Å². The third-order valence-electron chi connectivity index (χ3n) is 2.85. The van der Waals surface area contributed by atoms with Gasteiger partial charge >= 0.3 is 0 Å². The van der Waals surface area contributed by atoms with Gasteiger partial charge in [-0.25, -0.2) is 4.98 Å². The van der Waals surface area contributed by atoms with Gasteiger partial charge in [0.25, 0.3) is 0 Å². The van der Waals surface area contributed by atoms with Crippen LogP contribution in [0.1, 0.15) is 18.1 Å². The van der Waals surface area contributed by atoms with Crippen molar-refractivity contribution in [3.05, 3.63) is 50.0 Å². The van der Waals surface area contributed by atoms with Crippen LogP contribution in [0.15, 0.2) is 28.9 Å². The Morgan fingerprint density at radius 1 is 1.24 bits per heavy atom. The number of hydrogen-bond acceptors (Lipinski definition) is 3. The molecule has 0 bridgehead atoms. The summed E-state index contributed by atoms with van der Waals surface area (Å²) in [4.78, 5) is 4.34. The minimum Gasteiger partial charge on any atom is -0.437 e. The van der Waals surface area contributed by atoms with Gasteiger partial charge < -0.3 is 10.1 Å². The molecule has 3 nitrogen and oxygen atoms in total. The molecule has 1 heterocycles. The molecule has 0 aliphatic rings. The number of aromatic nitrogens is 1. The van der Waals surface area contributed by atoms with Crippen molar-refractivity contribution in [2.24, 2.45) is 0 Å². The van der Waals surface area contributed by atoms with E-state index in [1.54, 1.807) is 18.3 Å². The van der Waals surface area contributed by atoms with Gasteiger partial charge in [0.05, 0.1) is 10.0 Å². The average Bonchev–Trinajstić information content (AvgIpc) is 2.45. The molecule has 0 amide bonds. The van der Waals surface area contributed by atoms with Crippen LogP contribution < -0.4 is 10.1 Å². The third-order valence-corrected chi connectivity index (χ3v) is 4.34. The van der Waals surface area contributed by atoms with Gasteiger partial charge in [0.1, 0.15) is 5.75 Å². The number of pyridine rings is 1. The fourth-order valence-corrected chi connectivity index (χ4v) is 2.61. The molecule has 1 aromatic carbocycles. The van der Waals surface area contributed by atoms with Crippen molar-refractivity contribution in [1.29, 1.82) is 0 Å². The Hall–Kier alpha value is -0.810. The summed E-state index contributed by atoms with van der Waals surface area (Å²) in [6.07, 6.45) is 1.79. The molecule has 0 atom stereocenters. The molecule has 0 radical (unpaired) electrons. The van der Waals surface area contributed by atoms with Crippen LogP contribution in [0.3, 0.4) is 0 Å². The maximum Gasteiger partial charge on any atom is 0.222 e. The van der Waals surface area contributed by atoms with Gasteiger partial charge in [-0.05, 0) is 47.1 Å². The maximum absolute atomic E-state index is 6.15. The summed E-state index contributed by atoms with van der Waals surface area (Å²) in [7, 11) is 0. The van der Waals surface area contributed by atoms with Crippen LogP contribution in [-0.4, -0.2) is 11.5 Å². The Labute approximate surface area is 142 Å². The summed E-state index contributed by atoms with van der Waals surface area (Å²) in [5.41, 5.74) is 2.06. The van der Waals surface area contributed by atoms with Crippen LogP contribution >= 0.6 is 39.1 Å². The second kappa shape index (κ2) is 7.45. The standard InChI is InChI=1S/C15H15BrCl2N2O/c1-3-19-7-10-4-9(2)15(20-8-10)21-14-6-12(17)11(16)5-13(14)18/h4-6,8,19H,3,7H2,1-2H3. The molecule has 0 spiro atoms. The van der Waals surface area contributed by atoms with E-state index in [1.807, 2.05) is 13.0 Å². The topological polar surface area (TPSA) is 34.2 Å². The summed E-state index contributed by atoms with van der Waals surface area (Å²) in [6.45, 7) is 5.73. The highest BCUT2D eigenvalue weighted by atomic mass is 79.9. The van der Waals surface area contributed by atoms with Crippen molar-refractivity contribution in [2.45, 2.75) is 20.4 Å². The minimum absolute atomic E-state index is 0.476. The largest absolute Gasteiger partial charge is 0.437 e. The van der Waals surface area contributed by atoms with E-state index in [0.717, 1.165) is 28.7 Å². The zero-order valence-corrected chi connectivity index (χ0v) is 14.8. The van der Waals surface area contributed by atoms with Crippen LogP contribution in [0.5, 0.6) is 11.6 Å². The molecule has 0 aliphatic heterocycles. The number of nitrogens with one attached hydrogen (secondary N) is 1. The second-order valence-electron chi connectivity index (χ2n) is 4.54. The zero-order valence-electron chi connectivity index (χ0n) is 11.7. The van der Waals surface area contributed by atoms with Gasteiger partial charge in [0.2, 0.25) is 5.88 Å². The van der Waals surface area contributed by atoms with Gasteiger partial charge in [-0.15, -0.1) is 0 Å². The number of halogens is 3. The quantitative estimate of drug-likeness (QED) is 0.698. The van der Waals surface area contributed by atoms with E-state index >= 15 is 0 Å². The molecule has 2 rings (SSSR count). The number of hydrogen-bond donors (Lipinski definition) is 1. The van der Waals surface area contributed by atoms with Crippen molar-refractivity contribution in [1.82, 2.24) is 10.3 Å². The number of nitrogens with zero attached hydrogens (tertiary/aromatic N) is 1. The smallest absolute Gasteiger partial charge is 0.222 e. The van der Waals surface area contributed by atoms with Crippen LogP contribution in [0.2, 0.25) is 10.0 Å². The molecule has 2 aromatic rings. The predicted octanol–water partition coefficient (Wildman–Crippen LogP) is 5.36. The Morgan fingerprint density at radius 2 is 2.00 bits per heavy atom. The fourth-order valence-electron chi connectivity index (χ4n) is 1.78. The average molecular weight is 390 g/mol. The maximum atomic E-state index is 6.15. The number of ether oxygens (including phenoxy) is 1. The summed E-state index contributed by atoms with van der Waals surface area (Å²) >= 11 is 15.5. The van der Waals surface area contributed by atoms with Crippen molar-refractivity contribution < 1.29 is 4.74 Å². The van der Waals surface area contributed by atoms with Gasteiger partial charge in [-0.2, -0.15) is 0 Å². The molecule has 112 valence electrons. The molecule has 21 heavy (non-hydrogen) atoms. The van der Waals surface area contributed by atoms with Crippen molar-refractivity contribution in [3.8, 4) is 11.6 Å². The lowest BCUT2D eigenvalue weighted by molar-refractivity contribution is 0.458. The third kappa shape index (κ3) is 4.33. The first kappa shape index (κ1) is 16.6. The van der Waals surface area contributed by atoms with Crippen LogP contribution in [-0.2, 0) is 6.54 Å². The number of rotatable bonds is 5. The summed E-state index contributed by atoms with van der Waals surface area (Å²) in [5, 5.41) is 4.27. The lowest BCUT2D eigenvalue weighted by Crippen LogP contribution is -2.12. The van der Waals surface area contributed by atoms with Gasteiger partial charge in [-0.1, -0.05) is 30.1 Å². The summed E-state index contributed by atoms with van der Waals surface area (Å²) < 4.78 is 6.50. The predicted molar refractivity (Wildman–Crippen MR) is 90.6 cm³/mol. The lowest BCUT2D eigenvalue weighted by Gasteiger charge is -2.11. The van der Waals surface area contributed by atoms with E-state index < -0.39 is 0 Å². The molecule has 6 heteroatoms. The lowest BCUT2D eigenvalue weighted by atomic mass is 10.2. The zero-order chi connectivity index (χ0) is 15.4. The van der Waals surface area contributed by atoms with Crippen molar-refractivity contribution in [2.75, 3.05) is 6.54 Å². The van der Waals surface area contributed by atoms with Gasteiger partial charge in [0, 0.05) is 28.8 Å². The molecule has 0 saturated heterocycles. The highest BCUT2D eigenvalue weighted by Crippen LogP contribution is 2.36. The molecule has 0 saturated carbocycles. The highest BCUT2D eigenvalue weighted by Gasteiger charge is 2.10. The molecule has 1 N–H and O–H groups in total. The second-order valence-corrected chi connectivity index (χ2v) is 6.21. The molecule has 0 fully saturated rings. The van der Waals surface area contributed by atoms with Gasteiger partial charge in [-0.3, -0.25) is 0 Å². The first-order valence-electron chi connectivity index (χ1n) is 6.50. The molecular formula is C15H15BrCl2N2O. The van der Waals surface area contributed by atoms with Gasteiger partial charge in [0.15, 0.2) is 0 Å².